The van der Waals surface area contributed by atoms with Gasteiger partial charge in [0.1, 0.15) is 0 Å². The first-order valence-corrected chi connectivity index (χ1v) is 8.57. The molecule has 0 spiro atoms. The molecule has 0 aromatic carbocycles. The lowest BCUT2D eigenvalue weighted by Crippen LogP contribution is -1.47. The fourth-order valence-corrected chi connectivity index (χ4v) is 0. The number of hydrogen-bond acceptors (Lipinski definition) is 0. The average Bonchev–Trinajstić information content (AvgIpc) is 2.40. The van der Waals surface area contributed by atoms with Crippen molar-refractivity contribution in [2.45, 2.75) is 121 Å². The molecule has 0 saturated heterocycles. The maximum Gasteiger partial charge on any atom is -0.0564 e. The van der Waals surface area contributed by atoms with E-state index in [4.69, 9.17) is 0 Å². The van der Waals surface area contributed by atoms with Crippen LogP contribution in [0, 0.1) is 0 Å². The van der Waals surface area contributed by atoms with Gasteiger partial charge < -0.3 is 0 Å². The summed E-state index contributed by atoms with van der Waals surface area (Å²) in [6.45, 7) is 21.6. The zero-order valence-electron chi connectivity index (χ0n) is 15.7. The van der Waals surface area contributed by atoms with Gasteiger partial charge in [0.05, 0.1) is 0 Å². The third-order valence-electron chi connectivity index (χ3n) is 1.50. The fraction of sp³-hybridized carbons (Fsp3) is 1.00. The van der Waals surface area contributed by atoms with E-state index in [1.54, 1.807) is 0 Å². The van der Waals surface area contributed by atoms with E-state index in [2.05, 4.69) is 69.2 Å². The maximum atomic E-state index is 2.18. The van der Waals surface area contributed by atoms with Gasteiger partial charge in [0.25, 0.3) is 0 Å². The molecule has 0 rings (SSSR count). The zero-order valence-corrected chi connectivity index (χ0v) is 15.7. The SMILES string of the molecule is CCC.CCC.CCCC.CCCC.CCCC. The number of rotatable bonds is 3. The third kappa shape index (κ3) is 400. The summed E-state index contributed by atoms with van der Waals surface area (Å²) in [5.74, 6) is 0. The van der Waals surface area contributed by atoms with Crippen molar-refractivity contribution in [3.8, 4) is 0 Å². The molecule has 0 N–H and O–H groups in total. The molecule has 0 nitrogen and oxygen atoms in total. The Hall–Kier alpha value is 0. The van der Waals surface area contributed by atoms with Crippen molar-refractivity contribution >= 4 is 0 Å². The van der Waals surface area contributed by atoms with Gasteiger partial charge in [0, 0.05) is 0 Å². The molecule has 0 aliphatic rings. The summed E-state index contributed by atoms with van der Waals surface area (Å²) in [4.78, 5) is 0. The maximum absolute atomic E-state index is 2.18. The third-order valence-corrected chi connectivity index (χ3v) is 1.50. The second-order valence-corrected chi connectivity index (χ2v) is 4.41. The van der Waals surface area contributed by atoms with Gasteiger partial charge in [-0.25, -0.2) is 0 Å². The van der Waals surface area contributed by atoms with Crippen LogP contribution in [0.25, 0.3) is 0 Å². The molecule has 0 saturated carbocycles. The van der Waals surface area contributed by atoms with Crippen molar-refractivity contribution < 1.29 is 0 Å². The van der Waals surface area contributed by atoms with Gasteiger partial charge in [-0.1, -0.05) is 121 Å². The molecule has 0 heteroatoms. The van der Waals surface area contributed by atoms with Crippen LogP contribution in [0.5, 0.6) is 0 Å². The van der Waals surface area contributed by atoms with Gasteiger partial charge >= 0.3 is 0 Å². The normalized spacial score (nSPS) is 7.00. The lowest BCUT2D eigenvalue weighted by molar-refractivity contribution is 0.886. The highest BCUT2D eigenvalue weighted by Crippen LogP contribution is 1.77. The van der Waals surface area contributed by atoms with Gasteiger partial charge in [-0.05, 0) is 0 Å². The van der Waals surface area contributed by atoms with E-state index in [0.29, 0.717) is 0 Å². The van der Waals surface area contributed by atoms with E-state index in [1.165, 1.54) is 51.4 Å². The molecule has 0 unspecified atom stereocenters. The molecule has 0 aromatic rings. The molecule has 118 valence electrons. The van der Waals surface area contributed by atoms with Gasteiger partial charge in [-0.15, -0.1) is 0 Å². The summed E-state index contributed by atoms with van der Waals surface area (Å²) >= 11 is 0. The summed E-state index contributed by atoms with van der Waals surface area (Å²) in [7, 11) is 0. The predicted molar refractivity (Wildman–Crippen MR) is 93.7 cm³/mol. The minimum absolute atomic E-state index is 1.25. The molecular weight excluding hydrogens is 216 g/mol. The number of hydrogen-bond donors (Lipinski definition) is 0. The summed E-state index contributed by atoms with van der Waals surface area (Å²) < 4.78 is 0. The van der Waals surface area contributed by atoms with Crippen LogP contribution in [-0.2, 0) is 0 Å². The fourth-order valence-electron chi connectivity index (χ4n) is 0. The van der Waals surface area contributed by atoms with Gasteiger partial charge in [0.2, 0.25) is 0 Å². The molecule has 0 aromatic heterocycles. The van der Waals surface area contributed by atoms with E-state index in [9.17, 15) is 0 Å². The van der Waals surface area contributed by atoms with Crippen LogP contribution < -0.4 is 0 Å². The molecule has 0 aliphatic heterocycles. The molecule has 0 fully saturated rings. The van der Waals surface area contributed by atoms with E-state index in [0.717, 1.165) is 0 Å². The lowest BCUT2D eigenvalue weighted by Gasteiger charge is -1.68. The first-order chi connectivity index (χ1) is 8.57. The highest BCUT2D eigenvalue weighted by Gasteiger charge is 1.57. The van der Waals surface area contributed by atoms with Crippen molar-refractivity contribution in [1.82, 2.24) is 0 Å². The minimum Gasteiger partial charge on any atom is -0.0656 e. The van der Waals surface area contributed by atoms with Crippen molar-refractivity contribution in [3.63, 3.8) is 0 Å². The van der Waals surface area contributed by atoms with E-state index >= 15 is 0 Å². The van der Waals surface area contributed by atoms with Crippen LogP contribution in [0.1, 0.15) is 121 Å². The van der Waals surface area contributed by atoms with Crippen LogP contribution in [0.15, 0.2) is 0 Å². The average molecular weight is 263 g/mol. The monoisotopic (exact) mass is 262 g/mol. The van der Waals surface area contributed by atoms with Crippen LogP contribution in [0.2, 0.25) is 0 Å². The first kappa shape index (κ1) is 30.8. The largest absolute Gasteiger partial charge is 0.0656 e. The highest BCUT2D eigenvalue weighted by atomic mass is 13.6. The molecule has 0 bridgehead atoms. The van der Waals surface area contributed by atoms with Crippen molar-refractivity contribution in [1.29, 1.82) is 0 Å². The van der Waals surface area contributed by atoms with Gasteiger partial charge in [-0.3, -0.25) is 0 Å². The van der Waals surface area contributed by atoms with Crippen molar-refractivity contribution in [2.24, 2.45) is 0 Å². The highest BCUT2D eigenvalue weighted by molar-refractivity contribution is 4.13. The molecule has 0 radical (unpaired) electrons. The van der Waals surface area contributed by atoms with E-state index < -0.39 is 0 Å². The van der Waals surface area contributed by atoms with Gasteiger partial charge in [-0.2, -0.15) is 0 Å². The summed E-state index contributed by atoms with van der Waals surface area (Å²) in [6.07, 6.45) is 10.4. The molecule has 18 heavy (non-hydrogen) atoms. The second kappa shape index (κ2) is 68.0. The second-order valence-electron chi connectivity index (χ2n) is 4.41. The zero-order chi connectivity index (χ0) is 15.7. The Morgan fingerprint density at radius 1 is 0.278 bits per heavy atom. The summed E-state index contributed by atoms with van der Waals surface area (Å²) in [6, 6.07) is 0. The minimum atomic E-state index is 1.25. The topological polar surface area (TPSA) is 0 Å². The Balaban J connectivity index is -0.0000000394. The molecular formula is C18H46. The van der Waals surface area contributed by atoms with Gasteiger partial charge in [0.15, 0.2) is 0 Å². The van der Waals surface area contributed by atoms with E-state index in [-0.39, 0.29) is 0 Å². The molecule has 0 amide bonds. The summed E-state index contributed by atoms with van der Waals surface area (Å²) in [5.41, 5.74) is 0. The smallest absolute Gasteiger partial charge is 0.0564 e. The predicted octanol–water partition coefficient (Wildman–Crippen LogP) is 8.25. The van der Waals surface area contributed by atoms with Crippen molar-refractivity contribution in [3.05, 3.63) is 0 Å². The van der Waals surface area contributed by atoms with Crippen LogP contribution in [0.4, 0.5) is 0 Å². The van der Waals surface area contributed by atoms with Crippen LogP contribution >= 0.6 is 0 Å². The quantitative estimate of drug-likeness (QED) is 0.480. The lowest BCUT2D eigenvalue weighted by atomic mass is 10.4. The Kier molecular flexibility index (Phi) is 116. The summed E-state index contributed by atoms with van der Waals surface area (Å²) in [5, 5.41) is 0. The Labute approximate surface area is 121 Å². The first-order valence-electron chi connectivity index (χ1n) is 8.57. The Morgan fingerprint density at radius 3 is 0.333 bits per heavy atom. The van der Waals surface area contributed by atoms with Crippen LogP contribution in [-0.4, -0.2) is 0 Å². The van der Waals surface area contributed by atoms with Crippen molar-refractivity contribution in [2.75, 3.05) is 0 Å². The molecule has 0 heterocycles. The van der Waals surface area contributed by atoms with Crippen LogP contribution in [0.3, 0.4) is 0 Å². The number of unbranched alkanes of at least 4 members (excludes halogenated alkanes) is 3. The Morgan fingerprint density at radius 2 is 0.333 bits per heavy atom. The van der Waals surface area contributed by atoms with E-state index in [1.807, 2.05) is 0 Å². The molecule has 0 atom stereocenters. The molecule has 0 aliphatic carbocycles. The standard InChI is InChI=1S/3C4H10.2C3H8/c3*1-3-4-2;2*1-3-2/h3*3-4H2,1-2H3;2*3H2,1-2H3. The Bertz CT molecular complexity index is 30.5.